The van der Waals surface area contributed by atoms with Crippen LogP contribution in [0.2, 0.25) is 0 Å². The van der Waals surface area contributed by atoms with Crippen molar-refractivity contribution in [3.63, 3.8) is 0 Å². The molecule has 148 valence electrons. The maximum Gasteiger partial charge on any atom is 0.224 e. The van der Waals surface area contributed by atoms with Crippen LogP contribution in [0.15, 0.2) is 12.4 Å². The highest BCUT2D eigenvalue weighted by atomic mass is 32.1. The summed E-state index contributed by atoms with van der Waals surface area (Å²) in [6.45, 7) is 5.15. The van der Waals surface area contributed by atoms with Gasteiger partial charge in [-0.3, -0.25) is 0 Å². The third-order valence-electron chi connectivity index (χ3n) is 5.02. The van der Waals surface area contributed by atoms with Gasteiger partial charge in [0.2, 0.25) is 5.95 Å². The van der Waals surface area contributed by atoms with E-state index in [2.05, 4.69) is 34.4 Å². The van der Waals surface area contributed by atoms with Gasteiger partial charge in [-0.15, -0.1) is 11.3 Å². The van der Waals surface area contributed by atoms with Gasteiger partial charge >= 0.3 is 0 Å². The van der Waals surface area contributed by atoms with Crippen LogP contribution in [0.3, 0.4) is 0 Å². The minimum absolute atomic E-state index is 0.0203. The molecule has 0 saturated heterocycles. The summed E-state index contributed by atoms with van der Waals surface area (Å²) >= 11 is 1.45. The van der Waals surface area contributed by atoms with E-state index in [9.17, 15) is 10.2 Å². The second kappa shape index (κ2) is 8.95. The third kappa shape index (κ3) is 5.15. The zero-order valence-electron chi connectivity index (χ0n) is 16.0. The van der Waals surface area contributed by atoms with Crippen molar-refractivity contribution in [1.29, 1.82) is 0 Å². The van der Waals surface area contributed by atoms with Crippen molar-refractivity contribution in [2.45, 2.75) is 70.6 Å². The van der Waals surface area contributed by atoms with Gasteiger partial charge in [0.1, 0.15) is 10.8 Å². The largest absolute Gasteiger partial charge is 0.393 e. The van der Waals surface area contributed by atoms with E-state index in [1.165, 1.54) is 11.3 Å². The first-order valence-corrected chi connectivity index (χ1v) is 10.5. The minimum atomic E-state index is -0.206. The summed E-state index contributed by atoms with van der Waals surface area (Å²) in [6.07, 6.45) is 8.80. The molecular weight excluding hydrogens is 362 g/mol. The van der Waals surface area contributed by atoms with Crippen LogP contribution in [0.1, 0.15) is 57.2 Å². The van der Waals surface area contributed by atoms with Crippen molar-refractivity contribution < 1.29 is 10.2 Å². The van der Waals surface area contributed by atoms with Crippen LogP contribution in [0.4, 0.5) is 11.8 Å². The molecule has 0 atom stereocenters. The molecule has 0 unspecified atom stereocenters. The van der Waals surface area contributed by atoms with Crippen LogP contribution in [0.5, 0.6) is 0 Å². The fraction of sp³-hybridized carbons (Fsp3) is 0.632. The van der Waals surface area contributed by atoms with Crippen LogP contribution in [0, 0.1) is 0 Å². The lowest BCUT2D eigenvalue weighted by atomic mass is 9.82. The lowest BCUT2D eigenvalue weighted by molar-refractivity contribution is 0.108. The van der Waals surface area contributed by atoms with Crippen molar-refractivity contribution in [3.05, 3.63) is 17.3 Å². The van der Waals surface area contributed by atoms with E-state index >= 15 is 0 Å². The van der Waals surface area contributed by atoms with Crippen molar-refractivity contribution in [3.8, 4) is 10.6 Å². The molecule has 4 N–H and O–H groups in total. The minimum Gasteiger partial charge on any atom is -0.393 e. The maximum atomic E-state index is 9.84. The van der Waals surface area contributed by atoms with Gasteiger partial charge < -0.3 is 20.8 Å². The molecule has 0 amide bonds. The Kier molecular flexibility index (Phi) is 6.62. The molecule has 2 heterocycles. The van der Waals surface area contributed by atoms with Crippen molar-refractivity contribution in [2.75, 3.05) is 17.2 Å². The van der Waals surface area contributed by atoms with E-state index in [-0.39, 0.29) is 18.2 Å². The highest BCUT2D eigenvalue weighted by molar-refractivity contribution is 7.15. The lowest BCUT2D eigenvalue weighted by Gasteiger charge is -2.37. The van der Waals surface area contributed by atoms with Gasteiger partial charge in [-0.1, -0.05) is 13.3 Å². The summed E-state index contributed by atoms with van der Waals surface area (Å²) in [5, 5.41) is 26.9. The Labute approximate surface area is 164 Å². The first-order chi connectivity index (χ1) is 13.0. The Morgan fingerprint density at radius 2 is 2.04 bits per heavy atom. The molecule has 27 heavy (non-hydrogen) atoms. The first-order valence-electron chi connectivity index (χ1n) is 9.66. The van der Waals surface area contributed by atoms with Crippen molar-refractivity contribution in [1.82, 2.24) is 15.0 Å². The Morgan fingerprint density at radius 1 is 1.26 bits per heavy atom. The van der Waals surface area contributed by atoms with Gasteiger partial charge in [-0.05, 0) is 39.0 Å². The molecule has 1 aliphatic carbocycles. The van der Waals surface area contributed by atoms with Crippen molar-refractivity contribution in [2.24, 2.45) is 0 Å². The van der Waals surface area contributed by atoms with E-state index in [0.29, 0.717) is 5.95 Å². The van der Waals surface area contributed by atoms with E-state index in [1.54, 1.807) is 12.4 Å². The summed E-state index contributed by atoms with van der Waals surface area (Å²) in [5.41, 5.74) is 0.716. The monoisotopic (exact) mass is 391 g/mol. The first kappa shape index (κ1) is 20.0. The van der Waals surface area contributed by atoms with Gasteiger partial charge in [-0.2, -0.15) is 4.98 Å². The summed E-state index contributed by atoms with van der Waals surface area (Å²) in [6, 6.07) is 0. The average Bonchev–Trinajstić information content (AvgIpc) is 3.14. The highest BCUT2D eigenvalue weighted by Gasteiger charge is 2.31. The van der Waals surface area contributed by atoms with Gasteiger partial charge in [0, 0.05) is 24.5 Å². The number of hydrogen-bond donors (Lipinski definition) is 4. The van der Waals surface area contributed by atoms with Crippen LogP contribution in [-0.2, 0) is 6.61 Å². The van der Waals surface area contributed by atoms with Gasteiger partial charge in [0.25, 0.3) is 0 Å². The summed E-state index contributed by atoms with van der Waals surface area (Å²) in [5.74, 6) is 1.36. The van der Waals surface area contributed by atoms with Gasteiger partial charge in [-0.25, -0.2) is 9.97 Å². The number of thiazole rings is 1. The van der Waals surface area contributed by atoms with E-state index < -0.39 is 0 Å². The number of aromatic nitrogens is 3. The molecule has 8 heteroatoms. The SMILES string of the molecule is CCCCNc1ncc(-c2ncc(CO)s2)c(NC2(C)CCC(O)CC2)n1. The van der Waals surface area contributed by atoms with Crippen LogP contribution < -0.4 is 10.6 Å². The van der Waals surface area contributed by atoms with Crippen LogP contribution >= 0.6 is 11.3 Å². The number of unbranched alkanes of at least 4 members (excludes halogenated alkanes) is 1. The zero-order valence-corrected chi connectivity index (χ0v) is 16.8. The van der Waals surface area contributed by atoms with E-state index in [4.69, 9.17) is 4.98 Å². The number of aliphatic hydroxyl groups excluding tert-OH is 2. The number of aliphatic hydroxyl groups is 2. The quantitative estimate of drug-likeness (QED) is 0.511. The highest BCUT2D eigenvalue weighted by Crippen LogP contribution is 2.36. The molecular formula is C19H29N5O2S. The fourth-order valence-electron chi connectivity index (χ4n) is 3.25. The predicted molar refractivity (Wildman–Crippen MR) is 109 cm³/mol. The molecule has 1 saturated carbocycles. The molecule has 1 aliphatic rings. The fourth-order valence-corrected chi connectivity index (χ4v) is 4.03. The van der Waals surface area contributed by atoms with E-state index in [0.717, 1.165) is 66.3 Å². The van der Waals surface area contributed by atoms with E-state index in [1.807, 2.05) is 0 Å². The Morgan fingerprint density at radius 3 is 2.70 bits per heavy atom. The predicted octanol–water partition coefficient (Wildman–Crippen LogP) is 3.41. The molecule has 3 rings (SSSR count). The standard InChI is InChI=1S/C19H29N5O2S/c1-3-4-9-20-18-22-11-15(17-21-10-14(12-25)27-17)16(23-18)24-19(2)7-5-13(26)6-8-19/h10-11,13,25-26H,3-9,12H2,1-2H3,(H2,20,22,23,24). The summed E-state index contributed by atoms with van der Waals surface area (Å²) < 4.78 is 0. The number of anilines is 2. The molecule has 0 spiro atoms. The summed E-state index contributed by atoms with van der Waals surface area (Å²) in [7, 11) is 0. The van der Waals surface area contributed by atoms with Crippen LogP contribution in [0.25, 0.3) is 10.6 Å². The number of nitrogens with one attached hydrogen (secondary N) is 2. The topological polar surface area (TPSA) is 103 Å². The molecule has 0 radical (unpaired) electrons. The third-order valence-corrected chi connectivity index (χ3v) is 6.04. The number of rotatable bonds is 8. The molecule has 0 aliphatic heterocycles. The number of nitrogens with zero attached hydrogens (tertiary/aromatic N) is 3. The Hall–Kier alpha value is -1.77. The zero-order chi connectivity index (χ0) is 19.3. The van der Waals surface area contributed by atoms with Gasteiger partial charge in [0.15, 0.2) is 0 Å². The average molecular weight is 392 g/mol. The lowest BCUT2D eigenvalue weighted by Crippen LogP contribution is -2.40. The maximum absolute atomic E-state index is 9.84. The molecule has 0 aromatic carbocycles. The number of hydrogen-bond acceptors (Lipinski definition) is 8. The summed E-state index contributed by atoms with van der Waals surface area (Å²) in [4.78, 5) is 14.4. The second-order valence-corrected chi connectivity index (χ2v) is 8.56. The molecule has 0 bridgehead atoms. The van der Waals surface area contributed by atoms with Gasteiger partial charge in [0.05, 0.1) is 23.2 Å². The second-order valence-electron chi connectivity index (χ2n) is 7.44. The molecule has 2 aromatic rings. The molecule has 2 aromatic heterocycles. The molecule has 1 fully saturated rings. The smallest absolute Gasteiger partial charge is 0.224 e. The van der Waals surface area contributed by atoms with Crippen molar-refractivity contribution >= 4 is 23.1 Å². The Balaban J connectivity index is 1.87. The normalized spacial score (nSPS) is 22.6. The molecule has 7 nitrogen and oxygen atoms in total. The Bertz CT molecular complexity index is 743. The van der Waals surface area contributed by atoms with Crippen LogP contribution in [-0.4, -0.2) is 43.4 Å².